The zero-order chi connectivity index (χ0) is 23.7. The number of carbonyl (C=O) groups is 2. The van der Waals surface area contributed by atoms with Crippen LogP contribution in [-0.4, -0.2) is 45.7 Å². The fourth-order valence-electron chi connectivity index (χ4n) is 4.34. The van der Waals surface area contributed by atoms with E-state index in [1.54, 1.807) is 18.5 Å². The first kappa shape index (κ1) is 22.1. The molecule has 0 atom stereocenters. The van der Waals surface area contributed by atoms with Gasteiger partial charge in [-0.1, -0.05) is 24.3 Å². The molecule has 3 aromatic rings. The Morgan fingerprint density at radius 3 is 2.09 bits per heavy atom. The third-order valence-electron chi connectivity index (χ3n) is 6.02. The molecule has 0 saturated carbocycles. The Balaban J connectivity index is 1.90. The van der Waals surface area contributed by atoms with Crippen LogP contribution in [0.1, 0.15) is 25.3 Å². The number of hydrogen-bond acceptors (Lipinski definition) is 7. The molecule has 8 heteroatoms. The van der Waals surface area contributed by atoms with Gasteiger partial charge in [0.1, 0.15) is 12.4 Å². The molecule has 33 heavy (non-hydrogen) atoms. The molecule has 0 amide bonds. The predicted molar refractivity (Wildman–Crippen MR) is 122 cm³/mol. The summed E-state index contributed by atoms with van der Waals surface area (Å²) in [6.07, 6.45) is 1.73. The number of aromatic nitrogens is 2. The van der Waals surface area contributed by atoms with Gasteiger partial charge in [-0.3, -0.25) is 0 Å². The number of allylic oxidation sites excluding steroid dienone is 2. The molecule has 1 aliphatic rings. The van der Waals surface area contributed by atoms with Gasteiger partial charge in [0, 0.05) is 11.4 Å². The molecule has 2 aromatic carbocycles. The number of nitrogens with zero attached hydrogens (tertiary/aromatic N) is 3. The van der Waals surface area contributed by atoms with E-state index < -0.39 is 17.9 Å². The Labute approximate surface area is 191 Å². The molecule has 1 N–H and O–H groups in total. The van der Waals surface area contributed by atoms with Crippen molar-refractivity contribution in [3.63, 3.8) is 0 Å². The number of imidazole rings is 1. The van der Waals surface area contributed by atoms with Crippen molar-refractivity contribution in [1.29, 1.82) is 0 Å². The van der Waals surface area contributed by atoms with Crippen LogP contribution in [0.15, 0.2) is 77.4 Å². The number of ether oxygens (including phenoxy) is 2. The van der Waals surface area contributed by atoms with Crippen LogP contribution >= 0.6 is 0 Å². The second-order valence-corrected chi connectivity index (χ2v) is 7.78. The summed E-state index contributed by atoms with van der Waals surface area (Å²) in [5.41, 5.74) is 4.42. The maximum Gasteiger partial charge on any atom is 0.336 e. The lowest BCUT2D eigenvalue weighted by Crippen LogP contribution is -2.36. The van der Waals surface area contributed by atoms with Gasteiger partial charge in [0.25, 0.3) is 0 Å². The van der Waals surface area contributed by atoms with Crippen LogP contribution in [-0.2, 0) is 25.7 Å². The predicted octanol–water partition coefficient (Wildman–Crippen LogP) is 3.69. The molecule has 4 rings (SSSR count). The molecular weight excluding hydrogens is 422 g/mol. The smallest absolute Gasteiger partial charge is 0.336 e. The third kappa shape index (κ3) is 3.84. The van der Waals surface area contributed by atoms with E-state index in [1.165, 1.54) is 26.4 Å². The molecule has 0 saturated heterocycles. The summed E-state index contributed by atoms with van der Waals surface area (Å²) < 4.78 is 12.2. The van der Waals surface area contributed by atoms with Crippen molar-refractivity contribution in [2.75, 3.05) is 14.2 Å². The van der Waals surface area contributed by atoms with Crippen molar-refractivity contribution >= 4 is 23.0 Å². The molecule has 1 aliphatic heterocycles. The lowest BCUT2D eigenvalue weighted by molar-refractivity contribution is -0.137. The number of phenols is 1. The monoisotopic (exact) mass is 447 g/mol. The molecule has 0 unspecified atom stereocenters. The lowest BCUT2D eigenvalue weighted by atomic mass is 9.80. The number of rotatable bonds is 5. The zero-order valence-corrected chi connectivity index (χ0v) is 18.9. The maximum absolute atomic E-state index is 13.0. The van der Waals surface area contributed by atoms with Crippen molar-refractivity contribution in [1.82, 2.24) is 14.5 Å². The molecule has 2 heterocycles. The first-order valence-corrected chi connectivity index (χ1v) is 10.4. The average molecular weight is 447 g/mol. The fourth-order valence-corrected chi connectivity index (χ4v) is 4.34. The van der Waals surface area contributed by atoms with Gasteiger partial charge < -0.3 is 24.0 Å². The number of para-hydroxylation sites is 2. The number of benzene rings is 2. The highest BCUT2D eigenvalue weighted by Crippen LogP contribution is 2.43. The van der Waals surface area contributed by atoms with Crippen LogP contribution in [0.3, 0.4) is 0 Å². The van der Waals surface area contributed by atoms with Crippen LogP contribution in [0.4, 0.5) is 0 Å². The van der Waals surface area contributed by atoms with E-state index in [-0.39, 0.29) is 5.75 Å². The largest absolute Gasteiger partial charge is 0.508 e. The number of carbonyl (C=O) groups excluding carboxylic acids is 2. The standard InChI is InChI=1S/C25H25N3O5/c1-15-21(24(30)32-3)23(17-9-11-18(29)12-10-17)22(25(31)33-4)16(2)28(15)14-27-13-26-19-7-5-6-8-20(19)27/h5-13,23,29H,14H2,1-4H3. The Hall–Kier alpha value is -4.07. The molecule has 0 radical (unpaired) electrons. The number of fused-ring (bicyclic) bond motifs is 1. The van der Waals surface area contributed by atoms with E-state index in [9.17, 15) is 14.7 Å². The van der Waals surface area contributed by atoms with Gasteiger partial charge in [0.15, 0.2) is 0 Å². The average Bonchev–Trinajstić information content (AvgIpc) is 3.24. The van der Waals surface area contributed by atoms with Crippen molar-refractivity contribution in [3.05, 3.63) is 83.0 Å². The Kier molecular flexibility index (Phi) is 5.91. The van der Waals surface area contributed by atoms with Crippen LogP contribution in [0.5, 0.6) is 5.75 Å². The highest BCUT2D eigenvalue weighted by atomic mass is 16.5. The van der Waals surface area contributed by atoms with E-state index in [0.717, 1.165) is 11.0 Å². The summed E-state index contributed by atoms with van der Waals surface area (Å²) in [6, 6.07) is 14.2. The van der Waals surface area contributed by atoms with E-state index >= 15 is 0 Å². The Morgan fingerprint density at radius 2 is 1.52 bits per heavy atom. The lowest BCUT2D eigenvalue weighted by Gasteiger charge is -2.37. The normalized spacial score (nSPS) is 14.7. The summed E-state index contributed by atoms with van der Waals surface area (Å²) in [4.78, 5) is 32.3. The number of hydrogen-bond donors (Lipinski definition) is 1. The van der Waals surface area contributed by atoms with Gasteiger partial charge >= 0.3 is 11.9 Å². The first-order chi connectivity index (χ1) is 15.9. The van der Waals surface area contributed by atoms with E-state index in [2.05, 4.69) is 4.98 Å². The van der Waals surface area contributed by atoms with Crippen molar-refractivity contribution in [2.45, 2.75) is 26.4 Å². The summed E-state index contributed by atoms with van der Waals surface area (Å²) >= 11 is 0. The molecule has 8 nitrogen and oxygen atoms in total. The van der Waals surface area contributed by atoms with Gasteiger partial charge in [-0.05, 0) is 43.7 Å². The second-order valence-electron chi connectivity index (χ2n) is 7.78. The van der Waals surface area contributed by atoms with Gasteiger partial charge in [-0.25, -0.2) is 14.6 Å². The van der Waals surface area contributed by atoms with Crippen molar-refractivity contribution in [3.8, 4) is 5.75 Å². The van der Waals surface area contributed by atoms with Crippen molar-refractivity contribution in [2.24, 2.45) is 0 Å². The minimum atomic E-state index is -0.707. The quantitative estimate of drug-likeness (QED) is 0.596. The Bertz CT molecular complexity index is 1250. The van der Waals surface area contributed by atoms with Gasteiger partial charge in [0.05, 0.1) is 48.6 Å². The third-order valence-corrected chi connectivity index (χ3v) is 6.02. The Morgan fingerprint density at radius 1 is 0.939 bits per heavy atom. The molecule has 1 aromatic heterocycles. The van der Waals surface area contributed by atoms with Crippen LogP contribution in [0, 0.1) is 0 Å². The number of aromatic hydroxyl groups is 1. The number of methoxy groups -OCH3 is 2. The van der Waals surface area contributed by atoms with E-state index in [4.69, 9.17) is 9.47 Å². The minimum absolute atomic E-state index is 0.0869. The second kappa shape index (κ2) is 8.82. The summed E-state index contributed by atoms with van der Waals surface area (Å²) in [6.45, 7) is 3.99. The molecule has 170 valence electrons. The highest BCUT2D eigenvalue weighted by Gasteiger charge is 2.40. The van der Waals surface area contributed by atoms with E-state index in [0.29, 0.717) is 34.8 Å². The maximum atomic E-state index is 13.0. The molecule has 0 aliphatic carbocycles. The first-order valence-electron chi connectivity index (χ1n) is 10.4. The SMILES string of the molecule is COC(=O)C1=C(C)N(Cn2cnc3ccccc32)C(C)=C(C(=O)OC)C1c1ccc(O)cc1. The minimum Gasteiger partial charge on any atom is -0.508 e. The molecule has 0 bridgehead atoms. The topological polar surface area (TPSA) is 93.9 Å². The summed E-state index contributed by atoms with van der Waals surface area (Å²) in [5.74, 6) is -1.70. The highest BCUT2D eigenvalue weighted by molar-refractivity contribution is 5.99. The summed E-state index contributed by atoms with van der Waals surface area (Å²) in [7, 11) is 2.63. The fraction of sp³-hybridized carbons (Fsp3) is 0.240. The van der Waals surface area contributed by atoms with Gasteiger partial charge in [-0.2, -0.15) is 0 Å². The van der Waals surface area contributed by atoms with Crippen molar-refractivity contribution < 1.29 is 24.2 Å². The number of esters is 2. The molecule has 0 spiro atoms. The van der Waals surface area contributed by atoms with Gasteiger partial charge in [0.2, 0.25) is 0 Å². The summed E-state index contributed by atoms with van der Waals surface area (Å²) in [5, 5.41) is 9.75. The van der Waals surface area contributed by atoms with E-state index in [1.807, 2.05) is 47.6 Å². The van der Waals surface area contributed by atoms with Crippen LogP contribution in [0.2, 0.25) is 0 Å². The molecular formula is C25H25N3O5. The van der Waals surface area contributed by atoms with Crippen LogP contribution in [0.25, 0.3) is 11.0 Å². The number of phenolic OH excluding ortho intramolecular Hbond substituents is 1. The zero-order valence-electron chi connectivity index (χ0n) is 18.9. The molecule has 0 fully saturated rings. The van der Waals surface area contributed by atoms with Gasteiger partial charge in [-0.15, -0.1) is 0 Å². The van der Waals surface area contributed by atoms with Crippen LogP contribution < -0.4 is 0 Å².